The third-order valence-electron chi connectivity index (χ3n) is 5.56. The van der Waals surface area contributed by atoms with Gasteiger partial charge in [0.25, 0.3) is 5.91 Å². The zero-order valence-corrected chi connectivity index (χ0v) is 19.8. The van der Waals surface area contributed by atoms with Crippen LogP contribution in [0.1, 0.15) is 16.1 Å². The third kappa shape index (κ3) is 4.19. The average Bonchev–Trinajstić information content (AvgIpc) is 3.19. The topological polar surface area (TPSA) is 59.3 Å². The Hall–Kier alpha value is -3.98. The van der Waals surface area contributed by atoms with Crippen molar-refractivity contribution in [2.24, 2.45) is 0 Å². The SMILES string of the molecule is Cc1ncc(-c2cccn3c(-c4cccc(F)c4F)nc(Br)c23)cc1C(=O)Nc1ccc(F)cc1. The molecule has 0 fully saturated rings. The summed E-state index contributed by atoms with van der Waals surface area (Å²) in [7, 11) is 0. The highest BCUT2D eigenvalue weighted by molar-refractivity contribution is 9.10. The van der Waals surface area contributed by atoms with Crippen LogP contribution in [0.25, 0.3) is 28.0 Å². The van der Waals surface area contributed by atoms with Gasteiger partial charge >= 0.3 is 0 Å². The highest BCUT2D eigenvalue weighted by Gasteiger charge is 2.20. The van der Waals surface area contributed by atoms with Gasteiger partial charge < -0.3 is 5.32 Å². The summed E-state index contributed by atoms with van der Waals surface area (Å²) in [4.78, 5) is 21.8. The fourth-order valence-corrected chi connectivity index (χ4v) is 4.41. The van der Waals surface area contributed by atoms with Gasteiger partial charge in [0, 0.05) is 29.2 Å². The van der Waals surface area contributed by atoms with E-state index in [1.165, 1.54) is 36.4 Å². The molecule has 5 aromatic rings. The van der Waals surface area contributed by atoms with Crippen molar-refractivity contribution in [3.8, 4) is 22.5 Å². The van der Waals surface area contributed by atoms with Crippen LogP contribution in [0.15, 0.2) is 77.7 Å². The van der Waals surface area contributed by atoms with Crippen molar-refractivity contribution in [2.75, 3.05) is 5.32 Å². The lowest BCUT2D eigenvalue weighted by Gasteiger charge is -2.11. The zero-order chi connectivity index (χ0) is 24.7. The molecule has 0 atom stereocenters. The molecule has 35 heavy (non-hydrogen) atoms. The molecule has 0 radical (unpaired) electrons. The summed E-state index contributed by atoms with van der Waals surface area (Å²) in [6.45, 7) is 1.71. The van der Waals surface area contributed by atoms with Gasteiger partial charge in [0.05, 0.1) is 22.3 Å². The normalized spacial score (nSPS) is 11.1. The lowest BCUT2D eigenvalue weighted by Crippen LogP contribution is -2.14. The standard InChI is InChI=1S/C26H16BrF3N4O/c1-14-20(26(35)32-17-9-7-16(28)8-10-17)12-15(13-31-14)18-5-3-11-34-23(18)24(27)33-25(34)19-4-2-6-21(29)22(19)30/h2-13H,1H3,(H,32,35). The number of nitrogens with zero attached hydrogens (tertiary/aromatic N) is 3. The number of imidazole rings is 1. The zero-order valence-electron chi connectivity index (χ0n) is 18.2. The van der Waals surface area contributed by atoms with Gasteiger partial charge in [-0.2, -0.15) is 0 Å². The van der Waals surface area contributed by atoms with E-state index in [-0.39, 0.29) is 11.4 Å². The van der Waals surface area contributed by atoms with Crippen molar-refractivity contribution >= 4 is 33.0 Å². The molecule has 0 unspecified atom stereocenters. The number of aromatic nitrogens is 3. The largest absolute Gasteiger partial charge is 0.322 e. The summed E-state index contributed by atoms with van der Waals surface area (Å²) in [5.74, 6) is -2.54. The molecule has 0 saturated heterocycles. The number of pyridine rings is 2. The van der Waals surface area contributed by atoms with Gasteiger partial charge in [0.1, 0.15) is 16.2 Å². The summed E-state index contributed by atoms with van der Waals surface area (Å²) in [5, 5.41) is 2.74. The first-order valence-corrected chi connectivity index (χ1v) is 11.3. The summed E-state index contributed by atoms with van der Waals surface area (Å²) >= 11 is 3.44. The number of anilines is 1. The molecule has 5 rings (SSSR count). The van der Waals surface area contributed by atoms with E-state index in [4.69, 9.17) is 0 Å². The van der Waals surface area contributed by atoms with E-state index < -0.39 is 23.4 Å². The maximum atomic E-state index is 14.5. The van der Waals surface area contributed by atoms with Gasteiger partial charge in [0.2, 0.25) is 0 Å². The van der Waals surface area contributed by atoms with Crippen molar-refractivity contribution in [3.63, 3.8) is 0 Å². The average molecular weight is 537 g/mol. The van der Waals surface area contributed by atoms with E-state index in [1.54, 1.807) is 35.9 Å². The first kappa shape index (κ1) is 22.8. The summed E-state index contributed by atoms with van der Waals surface area (Å²) in [5.41, 5.74) is 3.21. The predicted octanol–water partition coefficient (Wildman–Crippen LogP) is 6.80. The van der Waals surface area contributed by atoms with Crippen molar-refractivity contribution in [1.82, 2.24) is 14.4 Å². The van der Waals surface area contributed by atoms with E-state index in [9.17, 15) is 18.0 Å². The third-order valence-corrected chi connectivity index (χ3v) is 6.11. The molecule has 1 amide bonds. The van der Waals surface area contributed by atoms with Gasteiger partial charge in [0.15, 0.2) is 11.6 Å². The Morgan fingerprint density at radius 1 is 1.00 bits per heavy atom. The Labute approximate surface area is 206 Å². The van der Waals surface area contributed by atoms with Gasteiger partial charge in [-0.3, -0.25) is 14.2 Å². The Morgan fingerprint density at radius 3 is 2.51 bits per heavy atom. The second-order valence-corrected chi connectivity index (χ2v) is 8.54. The number of hydrogen-bond acceptors (Lipinski definition) is 3. The number of carbonyl (C=O) groups excluding carboxylic acids is 1. The second-order valence-electron chi connectivity index (χ2n) is 7.79. The monoisotopic (exact) mass is 536 g/mol. The Kier molecular flexibility index (Phi) is 5.86. The number of carbonyl (C=O) groups is 1. The summed E-state index contributed by atoms with van der Waals surface area (Å²) in [6.07, 6.45) is 3.32. The Balaban J connectivity index is 1.59. The van der Waals surface area contributed by atoms with Gasteiger partial charge in [-0.1, -0.05) is 12.1 Å². The molecular formula is C26H16BrF3N4O. The first-order valence-electron chi connectivity index (χ1n) is 10.5. The van der Waals surface area contributed by atoms with E-state index in [1.807, 2.05) is 6.07 Å². The van der Waals surface area contributed by atoms with Crippen LogP contribution in [0.3, 0.4) is 0 Å². The van der Waals surface area contributed by atoms with Crippen molar-refractivity contribution < 1.29 is 18.0 Å². The van der Waals surface area contributed by atoms with E-state index in [0.717, 1.165) is 6.07 Å². The molecule has 3 aromatic heterocycles. The molecule has 0 aliphatic carbocycles. The van der Waals surface area contributed by atoms with Crippen LogP contribution in [0, 0.1) is 24.4 Å². The summed E-state index contributed by atoms with van der Waals surface area (Å²) in [6, 6.07) is 14.6. The molecule has 2 aromatic carbocycles. The summed E-state index contributed by atoms with van der Waals surface area (Å²) < 4.78 is 43.6. The number of nitrogens with one attached hydrogen (secondary N) is 1. The fourth-order valence-electron chi connectivity index (χ4n) is 3.84. The van der Waals surface area contributed by atoms with Crippen LogP contribution < -0.4 is 5.32 Å². The minimum absolute atomic E-state index is 0.0178. The van der Waals surface area contributed by atoms with Crippen LogP contribution in [0.5, 0.6) is 0 Å². The van der Waals surface area contributed by atoms with Crippen LogP contribution >= 0.6 is 15.9 Å². The minimum Gasteiger partial charge on any atom is -0.322 e. The van der Waals surface area contributed by atoms with Gasteiger partial charge in [-0.25, -0.2) is 18.2 Å². The fraction of sp³-hybridized carbons (Fsp3) is 0.0385. The van der Waals surface area contributed by atoms with Crippen molar-refractivity contribution in [1.29, 1.82) is 0 Å². The van der Waals surface area contributed by atoms with E-state index >= 15 is 0 Å². The highest BCUT2D eigenvalue weighted by Crippen LogP contribution is 2.35. The molecule has 0 bridgehead atoms. The molecule has 174 valence electrons. The molecule has 5 nitrogen and oxygen atoms in total. The van der Waals surface area contributed by atoms with Crippen LogP contribution in [0.4, 0.5) is 18.9 Å². The maximum Gasteiger partial charge on any atom is 0.257 e. The van der Waals surface area contributed by atoms with Gasteiger partial charge in [-0.15, -0.1) is 0 Å². The molecule has 0 saturated carbocycles. The quantitative estimate of drug-likeness (QED) is 0.274. The van der Waals surface area contributed by atoms with Crippen molar-refractivity contribution in [2.45, 2.75) is 6.92 Å². The first-order chi connectivity index (χ1) is 16.8. The lowest BCUT2D eigenvalue weighted by atomic mass is 10.0. The Morgan fingerprint density at radius 2 is 1.74 bits per heavy atom. The molecular weight excluding hydrogens is 521 g/mol. The smallest absolute Gasteiger partial charge is 0.257 e. The van der Waals surface area contributed by atoms with E-state index in [2.05, 4.69) is 31.2 Å². The predicted molar refractivity (Wildman–Crippen MR) is 131 cm³/mol. The molecule has 1 N–H and O–H groups in total. The number of aryl methyl sites for hydroxylation is 1. The number of fused-ring (bicyclic) bond motifs is 1. The van der Waals surface area contributed by atoms with Gasteiger partial charge in [-0.05, 0) is 71.4 Å². The highest BCUT2D eigenvalue weighted by atomic mass is 79.9. The number of rotatable bonds is 4. The molecule has 9 heteroatoms. The molecule has 0 spiro atoms. The minimum atomic E-state index is -0.992. The molecule has 0 aliphatic rings. The second kappa shape index (κ2) is 8.99. The molecule has 0 aliphatic heterocycles. The molecule has 3 heterocycles. The van der Waals surface area contributed by atoms with Crippen LogP contribution in [-0.4, -0.2) is 20.3 Å². The number of hydrogen-bond donors (Lipinski definition) is 1. The maximum absolute atomic E-state index is 14.5. The van der Waals surface area contributed by atoms with Crippen molar-refractivity contribution in [3.05, 3.63) is 106 Å². The van der Waals surface area contributed by atoms with Crippen LogP contribution in [-0.2, 0) is 0 Å². The Bertz CT molecular complexity index is 1600. The number of halogens is 4. The van der Waals surface area contributed by atoms with E-state index in [0.29, 0.717) is 38.2 Å². The number of amides is 1. The number of benzene rings is 2. The lowest BCUT2D eigenvalue weighted by molar-refractivity contribution is 0.102. The van der Waals surface area contributed by atoms with Crippen LogP contribution in [0.2, 0.25) is 0 Å².